The SMILES string of the molecule is COc1ccc(CCNC(=O)c2cnc(NC3CCCCCC3)cn2)cc1OC. The molecule has 1 aromatic heterocycles. The van der Waals surface area contributed by atoms with Gasteiger partial charge in [-0.1, -0.05) is 31.7 Å². The number of aromatic nitrogens is 2. The highest BCUT2D eigenvalue weighted by Gasteiger charge is 2.13. The number of nitrogens with zero attached hydrogens (tertiary/aromatic N) is 2. The number of anilines is 1. The standard InChI is InChI=1S/C22H30N4O3/c1-28-19-10-9-16(13-20(19)29-2)11-12-23-22(27)18-14-25-21(15-24-18)26-17-7-5-3-4-6-8-17/h9-10,13-15,17H,3-8,11-12H2,1-2H3,(H,23,27)(H,25,26). The molecule has 156 valence electrons. The Hall–Kier alpha value is -2.83. The predicted molar refractivity (Wildman–Crippen MR) is 113 cm³/mol. The van der Waals surface area contributed by atoms with E-state index in [9.17, 15) is 4.79 Å². The number of benzene rings is 1. The lowest BCUT2D eigenvalue weighted by Crippen LogP contribution is -2.27. The fourth-order valence-corrected chi connectivity index (χ4v) is 3.60. The van der Waals surface area contributed by atoms with Crippen LogP contribution < -0.4 is 20.1 Å². The summed E-state index contributed by atoms with van der Waals surface area (Å²) in [6.07, 6.45) is 11.3. The topological polar surface area (TPSA) is 85.4 Å². The van der Waals surface area contributed by atoms with Gasteiger partial charge in [0.15, 0.2) is 11.5 Å². The fraction of sp³-hybridized carbons (Fsp3) is 0.500. The molecule has 1 fully saturated rings. The van der Waals surface area contributed by atoms with Gasteiger partial charge in [0, 0.05) is 12.6 Å². The van der Waals surface area contributed by atoms with Crippen molar-refractivity contribution in [3.05, 3.63) is 41.9 Å². The quantitative estimate of drug-likeness (QED) is 0.661. The van der Waals surface area contributed by atoms with Crippen molar-refractivity contribution in [3.63, 3.8) is 0 Å². The summed E-state index contributed by atoms with van der Waals surface area (Å²) in [4.78, 5) is 21.0. The Bertz CT molecular complexity index is 787. The largest absolute Gasteiger partial charge is 0.493 e. The molecule has 0 bridgehead atoms. The lowest BCUT2D eigenvalue weighted by Gasteiger charge is -2.16. The molecule has 1 heterocycles. The highest BCUT2D eigenvalue weighted by molar-refractivity contribution is 5.92. The molecule has 1 aliphatic rings. The summed E-state index contributed by atoms with van der Waals surface area (Å²) in [6.45, 7) is 0.498. The summed E-state index contributed by atoms with van der Waals surface area (Å²) < 4.78 is 10.5. The molecule has 2 aromatic rings. The zero-order valence-corrected chi connectivity index (χ0v) is 17.2. The molecule has 0 radical (unpaired) electrons. The minimum absolute atomic E-state index is 0.223. The summed E-state index contributed by atoms with van der Waals surface area (Å²) in [7, 11) is 3.21. The average Bonchev–Trinajstić information content (AvgIpc) is 3.02. The van der Waals surface area contributed by atoms with E-state index in [2.05, 4.69) is 20.6 Å². The van der Waals surface area contributed by atoms with Crippen molar-refractivity contribution in [3.8, 4) is 11.5 Å². The molecule has 1 amide bonds. The van der Waals surface area contributed by atoms with E-state index in [-0.39, 0.29) is 5.91 Å². The van der Waals surface area contributed by atoms with Crippen LogP contribution in [0.3, 0.4) is 0 Å². The third kappa shape index (κ3) is 6.07. The first-order valence-corrected chi connectivity index (χ1v) is 10.3. The second kappa shape index (κ2) is 10.6. The molecule has 0 saturated heterocycles. The first-order valence-electron chi connectivity index (χ1n) is 10.3. The second-order valence-electron chi connectivity index (χ2n) is 7.31. The Kier molecular flexibility index (Phi) is 7.67. The number of carbonyl (C=O) groups excluding carboxylic acids is 1. The summed E-state index contributed by atoms with van der Waals surface area (Å²) in [5.41, 5.74) is 1.38. The van der Waals surface area contributed by atoms with E-state index in [0.717, 1.165) is 11.4 Å². The third-order valence-corrected chi connectivity index (χ3v) is 5.24. The lowest BCUT2D eigenvalue weighted by atomic mass is 10.1. The molecular formula is C22H30N4O3. The molecule has 1 aliphatic carbocycles. The van der Waals surface area contributed by atoms with Crippen molar-refractivity contribution in [1.82, 2.24) is 15.3 Å². The van der Waals surface area contributed by atoms with Crippen molar-refractivity contribution >= 4 is 11.7 Å². The molecule has 7 nitrogen and oxygen atoms in total. The van der Waals surface area contributed by atoms with E-state index in [0.29, 0.717) is 36.2 Å². The number of ether oxygens (including phenoxy) is 2. The summed E-state index contributed by atoms with van der Waals surface area (Å²) in [5, 5.41) is 6.33. The van der Waals surface area contributed by atoms with Gasteiger partial charge in [-0.3, -0.25) is 4.79 Å². The van der Waals surface area contributed by atoms with Gasteiger partial charge < -0.3 is 20.1 Å². The molecule has 2 N–H and O–H groups in total. The Balaban J connectivity index is 1.48. The molecule has 1 saturated carbocycles. The van der Waals surface area contributed by atoms with Gasteiger partial charge in [-0.2, -0.15) is 0 Å². The Morgan fingerprint density at radius 1 is 1.03 bits per heavy atom. The molecule has 7 heteroatoms. The van der Waals surface area contributed by atoms with Crippen molar-refractivity contribution in [2.45, 2.75) is 51.0 Å². The molecule has 0 atom stereocenters. The molecule has 0 unspecified atom stereocenters. The van der Waals surface area contributed by atoms with E-state index < -0.39 is 0 Å². The second-order valence-corrected chi connectivity index (χ2v) is 7.31. The third-order valence-electron chi connectivity index (χ3n) is 5.24. The van der Waals surface area contributed by atoms with Crippen LogP contribution in [0.25, 0.3) is 0 Å². The van der Waals surface area contributed by atoms with Crippen LogP contribution in [-0.4, -0.2) is 42.7 Å². The number of methoxy groups -OCH3 is 2. The average molecular weight is 399 g/mol. The molecule has 1 aromatic carbocycles. The number of hydrogen-bond acceptors (Lipinski definition) is 6. The lowest BCUT2D eigenvalue weighted by molar-refractivity contribution is 0.0949. The van der Waals surface area contributed by atoms with E-state index in [1.54, 1.807) is 20.4 Å². The maximum atomic E-state index is 12.3. The Morgan fingerprint density at radius 3 is 2.45 bits per heavy atom. The van der Waals surface area contributed by atoms with Gasteiger partial charge in [0.1, 0.15) is 11.5 Å². The van der Waals surface area contributed by atoms with Crippen LogP contribution >= 0.6 is 0 Å². The first-order chi connectivity index (χ1) is 14.2. The van der Waals surface area contributed by atoms with Crippen molar-refractivity contribution < 1.29 is 14.3 Å². The van der Waals surface area contributed by atoms with Gasteiger partial charge >= 0.3 is 0 Å². The molecule has 0 aliphatic heterocycles. The van der Waals surface area contributed by atoms with Gasteiger partial charge in [0.05, 0.1) is 26.6 Å². The van der Waals surface area contributed by atoms with Gasteiger partial charge in [0.25, 0.3) is 5.91 Å². The zero-order chi connectivity index (χ0) is 20.5. The van der Waals surface area contributed by atoms with Crippen molar-refractivity contribution in [2.24, 2.45) is 0 Å². The highest BCUT2D eigenvalue weighted by atomic mass is 16.5. The van der Waals surface area contributed by atoms with Gasteiger partial charge in [0.2, 0.25) is 0 Å². The van der Waals surface area contributed by atoms with E-state index in [1.807, 2.05) is 18.2 Å². The van der Waals surface area contributed by atoms with Crippen molar-refractivity contribution in [2.75, 3.05) is 26.1 Å². The number of hydrogen-bond donors (Lipinski definition) is 2. The van der Waals surface area contributed by atoms with E-state index >= 15 is 0 Å². The van der Waals surface area contributed by atoms with Crippen LogP contribution in [-0.2, 0) is 6.42 Å². The number of rotatable bonds is 8. The Morgan fingerprint density at radius 2 is 1.79 bits per heavy atom. The number of nitrogens with one attached hydrogen (secondary N) is 2. The van der Waals surface area contributed by atoms with Crippen LogP contribution in [0.1, 0.15) is 54.6 Å². The van der Waals surface area contributed by atoms with Gasteiger partial charge in [-0.05, 0) is 37.0 Å². The smallest absolute Gasteiger partial charge is 0.271 e. The summed E-state index contributed by atoms with van der Waals surface area (Å²) >= 11 is 0. The van der Waals surface area contributed by atoms with Gasteiger partial charge in [-0.25, -0.2) is 9.97 Å². The van der Waals surface area contributed by atoms with Crippen LogP contribution in [0.4, 0.5) is 5.82 Å². The van der Waals surface area contributed by atoms with Crippen LogP contribution in [0, 0.1) is 0 Å². The van der Waals surface area contributed by atoms with E-state index in [4.69, 9.17) is 9.47 Å². The Labute approximate surface area is 172 Å². The molecule has 3 rings (SSSR count). The highest BCUT2D eigenvalue weighted by Crippen LogP contribution is 2.27. The zero-order valence-electron chi connectivity index (χ0n) is 17.2. The number of carbonyl (C=O) groups is 1. The summed E-state index contributed by atoms with van der Waals surface area (Å²) in [6, 6.07) is 6.19. The van der Waals surface area contributed by atoms with E-state index in [1.165, 1.54) is 44.7 Å². The van der Waals surface area contributed by atoms with Crippen LogP contribution in [0.5, 0.6) is 11.5 Å². The summed E-state index contributed by atoms with van der Waals surface area (Å²) in [5.74, 6) is 1.88. The molecular weight excluding hydrogens is 368 g/mol. The maximum absolute atomic E-state index is 12.3. The molecule has 29 heavy (non-hydrogen) atoms. The predicted octanol–water partition coefficient (Wildman–Crippen LogP) is 3.60. The minimum atomic E-state index is -0.223. The molecule has 0 spiro atoms. The fourth-order valence-electron chi connectivity index (χ4n) is 3.60. The first kappa shape index (κ1) is 20.9. The van der Waals surface area contributed by atoms with Gasteiger partial charge in [-0.15, -0.1) is 0 Å². The normalized spacial score (nSPS) is 14.7. The van der Waals surface area contributed by atoms with Crippen LogP contribution in [0.2, 0.25) is 0 Å². The minimum Gasteiger partial charge on any atom is -0.493 e. The van der Waals surface area contributed by atoms with Crippen LogP contribution in [0.15, 0.2) is 30.6 Å². The maximum Gasteiger partial charge on any atom is 0.271 e. The monoisotopic (exact) mass is 398 g/mol. The number of amides is 1. The van der Waals surface area contributed by atoms with Crippen molar-refractivity contribution in [1.29, 1.82) is 0 Å².